The SMILES string of the molecule is C#CCOc1ccc(/C=C2/SC(=O)N(CC(=O)Nc3ccccc3Cl)C2=O)cc1. The van der Waals surface area contributed by atoms with E-state index in [9.17, 15) is 14.4 Å². The van der Waals surface area contributed by atoms with Gasteiger partial charge in [-0.1, -0.05) is 41.8 Å². The van der Waals surface area contributed by atoms with Crippen LogP contribution in [0.15, 0.2) is 53.4 Å². The minimum Gasteiger partial charge on any atom is -0.481 e. The van der Waals surface area contributed by atoms with Crippen molar-refractivity contribution >= 4 is 52.2 Å². The predicted molar refractivity (Wildman–Crippen MR) is 114 cm³/mol. The third-order valence-electron chi connectivity index (χ3n) is 3.82. The van der Waals surface area contributed by atoms with Gasteiger partial charge in [0.25, 0.3) is 11.1 Å². The summed E-state index contributed by atoms with van der Waals surface area (Å²) in [5, 5.41) is 2.45. The normalized spacial score (nSPS) is 14.8. The average molecular weight is 427 g/mol. The second-order valence-electron chi connectivity index (χ2n) is 5.86. The largest absolute Gasteiger partial charge is 0.481 e. The highest BCUT2D eigenvalue weighted by molar-refractivity contribution is 8.18. The highest BCUT2D eigenvalue weighted by Crippen LogP contribution is 2.32. The molecular formula is C21H15ClN2O4S. The van der Waals surface area contributed by atoms with Gasteiger partial charge in [0.1, 0.15) is 18.9 Å². The van der Waals surface area contributed by atoms with Crippen LogP contribution in [0.1, 0.15) is 5.56 Å². The summed E-state index contributed by atoms with van der Waals surface area (Å²) in [4.78, 5) is 38.1. The van der Waals surface area contributed by atoms with Gasteiger partial charge in [0, 0.05) is 0 Å². The molecule has 1 N–H and O–H groups in total. The Morgan fingerprint density at radius 1 is 1.21 bits per heavy atom. The first-order valence-corrected chi connectivity index (χ1v) is 9.63. The van der Waals surface area contributed by atoms with E-state index in [1.807, 2.05) is 0 Å². The summed E-state index contributed by atoms with van der Waals surface area (Å²) in [6.07, 6.45) is 6.73. The molecule has 1 fully saturated rings. The zero-order chi connectivity index (χ0) is 20.8. The van der Waals surface area contributed by atoms with E-state index in [0.29, 0.717) is 22.0 Å². The van der Waals surface area contributed by atoms with Crippen molar-refractivity contribution < 1.29 is 19.1 Å². The molecule has 0 radical (unpaired) electrons. The number of carbonyl (C=O) groups is 3. The average Bonchev–Trinajstić information content (AvgIpc) is 2.96. The molecule has 1 aliphatic heterocycles. The van der Waals surface area contributed by atoms with Gasteiger partial charge in [-0.15, -0.1) is 6.42 Å². The number of amides is 3. The van der Waals surface area contributed by atoms with Crippen molar-refractivity contribution in [3.63, 3.8) is 0 Å². The first-order valence-electron chi connectivity index (χ1n) is 8.44. The standard InChI is InChI=1S/C21H15ClN2O4S/c1-2-11-28-15-9-7-14(8-10-15)12-18-20(26)24(21(27)29-18)13-19(25)23-17-6-4-3-5-16(17)22/h1,3-10,12H,11,13H2,(H,23,25)/b18-12+. The molecule has 0 aromatic heterocycles. The Labute approximate surface area is 176 Å². The van der Waals surface area contributed by atoms with Gasteiger partial charge in [-0.25, -0.2) is 0 Å². The van der Waals surface area contributed by atoms with Gasteiger partial charge in [0.15, 0.2) is 0 Å². The molecular weight excluding hydrogens is 412 g/mol. The molecule has 0 bridgehead atoms. The summed E-state index contributed by atoms with van der Waals surface area (Å²) >= 11 is 6.78. The molecule has 0 unspecified atom stereocenters. The monoisotopic (exact) mass is 426 g/mol. The summed E-state index contributed by atoms with van der Waals surface area (Å²) in [6.45, 7) is -0.236. The van der Waals surface area contributed by atoms with Crippen molar-refractivity contribution in [1.82, 2.24) is 4.90 Å². The van der Waals surface area contributed by atoms with E-state index in [1.165, 1.54) is 0 Å². The van der Waals surface area contributed by atoms with Crippen LogP contribution in [0.25, 0.3) is 6.08 Å². The lowest BCUT2D eigenvalue weighted by Crippen LogP contribution is -2.36. The minimum atomic E-state index is -0.526. The lowest BCUT2D eigenvalue weighted by Gasteiger charge is -2.13. The molecule has 2 aromatic carbocycles. The summed E-state index contributed by atoms with van der Waals surface area (Å²) in [5.41, 5.74) is 1.12. The number of anilines is 1. The van der Waals surface area contributed by atoms with Gasteiger partial charge in [0.2, 0.25) is 5.91 Å². The predicted octanol–water partition coefficient (Wildman–Crippen LogP) is 4.03. The molecule has 3 amide bonds. The lowest BCUT2D eigenvalue weighted by molar-refractivity contribution is -0.127. The number of carbonyl (C=O) groups excluding carboxylic acids is 3. The number of halogens is 1. The number of hydrogen-bond donors (Lipinski definition) is 1. The summed E-state index contributed by atoms with van der Waals surface area (Å²) in [5.74, 6) is 1.93. The Kier molecular flexibility index (Phi) is 6.60. The molecule has 3 rings (SSSR count). The number of thioether (sulfide) groups is 1. The van der Waals surface area contributed by atoms with Gasteiger partial charge >= 0.3 is 0 Å². The van der Waals surface area contributed by atoms with E-state index >= 15 is 0 Å². The van der Waals surface area contributed by atoms with Crippen LogP contribution in [0, 0.1) is 12.3 Å². The van der Waals surface area contributed by atoms with Gasteiger partial charge in [0.05, 0.1) is 15.6 Å². The van der Waals surface area contributed by atoms with Crippen molar-refractivity contribution in [2.45, 2.75) is 0 Å². The van der Waals surface area contributed by atoms with Crippen LogP contribution in [0.3, 0.4) is 0 Å². The smallest absolute Gasteiger partial charge is 0.294 e. The topological polar surface area (TPSA) is 75.7 Å². The fourth-order valence-electron chi connectivity index (χ4n) is 2.47. The molecule has 1 saturated heterocycles. The third kappa shape index (κ3) is 5.19. The van der Waals surface area contributed by atoms with Gasteiger partial charge in [-0.2, -0.15) is 0 Å². The number of benzene rings is 2. The molecule has 6 nitrogen and oxygen atoms in total. The third-order valence-corrected chi connectivity index (χ3v) is 5.06. The van der Waals surface area contributed by atoms with E-state index in [1.54, 1.807) is 54.6 Å². The van der Waals surface area contributed by atoms with Crippen molar-refractivity contribution in [2.24, 2.45) is 0 Å². The maximum Gasteiger partial charge on any atom is 0.294 e. The number of rotatable bonds is 6. The van der Waals surface area contributed by atoms with Crippen LogP contribution < -0.4 is 10.1 Å². The van der Waals surface area contributed by atoms with Crippen molar-refractivity contribution in [3.8, 4) is 18.1 Å². The molecule has 0 saturated carbocycles. The quantitative estimate of drug-likeness (QED) is 0.557. The Bertz CT molecular complexity index is 1030. The van der Waals surface area contributed by atoms with Crippen LogP contribution in [0.5, 0.6) is 5.75 Å². The van der Waals surface area contributed by atoms with Crippen LogP contribution in [0.4, 0.5) is 10.5 Å². The zero-order valence-electron chi connectivity index (χ0n) is 15.1. The number of ether oxygens (including phenoxy) is 1. The van der Waals surface area contributed by atoms with Crippen molar-refractivity contribution in [3.05, 3.63) is 64.0 Å². The van der Waals surface area contributed by atoms with Gasteiger partial charge in [-0.3, -0.25) is 19.3 Å². The van der Waals surface area contributed by atoms with Gasteiger partial charge < -0.3 is 10.1 Å². The summed E-state index contributed by atoms with van der Waals surface area (Å²) in [6, 6.07) is 13.6. The molecule has 0 aliphatic carbocycles. The highest BCUT2D eigenvalue weighted by atomic mass is 35.5. The maximum absolute atomic E-state index is 12.5. The fraction of sp³-hybridized carbons (Fsp3) is 0.0952. The number of nitrogens with one attached hydrogen (secondary N) is 1. The number of terminal acetylenes is 1. The van der Waals surface area contributed by atoms with E-state index < -0.39 is 23.6 Å². The number of para-hydroxylation sites is 1. The first-order chi connectivity index (χ1) is 14.0. The summed E-state index contributed by atoms with van der Waals surface area (Å²) < 4.78 is 5.29. The molecule has 1 aliphatic rings. The van der Waals surface area contributed by atoms with E-state index in [-0.39, 0.29) is 11.5 Å². The van der Waals surface area contributed by atoms with Gasteiger partial charge in [-0.05, 0) is 47.7 Å². The molecule has 0 spiro atoms. The summed E-state index contributed by atoms with van der Waals surface area (Å²) in [7, 11) is 0. The Balaban J connectivity index is 1.66. The molecule has 0 atom stereocenters. The molecule has 2 aromatic rings. The van der Waals surface area contributed by atoms with E-state index in [0.717, 1.165) is 16.7 Å². The Morgan fingerprint density at radius 3 is 2.62 bits per heavy atom. The number of imide groups is 1. The second kappa shape index (κ2) is 9.32. The highest BCUT2D eigenvalue weighted by Gasteiger charge is 2.36. The van der Waals surface area contributed by atoms with Crippen molar-refractivity contribution in [1.29, 1.82) is 0 Å². The lowest BCUT2D eigenvalue weighted by atomic mass is 10.2. The minimum absolute atomic E-state index is 0.161. The van der Waals surface area contributed by atoms with E-state index in [4.69, 9.17) is 22.8 Å². The number of hydrogen-bond acceptors (Lipinski definition) is 5. The molecule has 1 heterocycles. The fourth-order valence-corrected chi connectivity index (χ4v) is 3.49. The van der Waals surface area contributed by atoms with Crippen LogP contribution in [0.2, 0.25) is 5.02 Å². The Hall–Kier alpha value is -3.21. The molecule has 29 heavy (non-hydrogen) atoms. The van der Waals surface area contributed by atoms with Crippen LogP contribution >= 0.6 is 23.4 Å². The number of nitrogens with zero attached hydrogens (tertiary/aromatic N) is 1. The van der Waals surface area contributed by atoms with Crippen LogP contribution in [-0.2, 0) is 9.59 Å². The first kappa shape index (κ1) is 20.5. The van der Waals surface area contributed by atoms with Crippen LogP contribution in [-0.4, -0.2) is 35.1 Å². The zero-order valence-corrected chi connectivity index (χ0v) is 16.6. The van der Waals surface area contributed by atoms with E-state index in [2.05, 4.69) is 11.2 Å². The molecule has 8 heteroatoms. The Morgan fingerprint density at radius 2 is 1.93 bits per heavy atom. The van der Waals surface area contributed by atoms with Crippen molar-refractivity contribution in [2.75, 3.05) is 18.5 Å². The molecule has 146 valence electrons. The second-order valence-corrected chi connectivity index (χ2v) is 7.26. The maximum atomic E-state index is 12.5.